The van der Waals surface area contributed by atoms with Crippen molar-refractivity contribution in [1.29, 1.82) is 0 Å². The van der Waals surface area contributed by atoms with Gasteiger partial charge in [-0.15, -0.1) is 10.2 Å². The SMILES string of the molecule is CCOC(=O)c1nnc2ccccc2c1NCCC1=CCOCC1. The minimum absolute atomic E-state index is 0.233. The first-order valence-electron chi connectivity index (χ1n) is 8.21. The Hall–Kier alpha value is -2.47. The molecular formula is C18H21N3O3. The number of nitrogens with one attached hydrogen (secondary N) is 1. The fraction of sp³-hybridized carbons (Fsp3) is 0.389. The number of aromatic nitrogens is 2. The Bertz CT molecular complexity index is 758. The molecule has 2 heterocycles. The molecule has 2 aromatic rings. The minimum atomic E-state index is -0.455. The van der Waals surface area contributed by atoms with Crippen molar-refractivity contribution in [2.75, 3.05) is 31.7 Å². The fourth-order valence-electron chi connectivity index (χ4n) is 2.72. The maximum absolute atomic E-state index is 12.2. The number of nitrogens with zero attached hydrogens (tertiary/aromatic N) is 2. The molecule has 0 spiro atoms. The topological polar surface area (TPSA) is 73.3 Å². The van der Waals surface area contributed by atoms with Crippen LogP contribution in [0.5, 0.6) is 0 Å². The van der Waals surface area contributed by atoms with Gasteiger partial charge in [0.25, 0.3) is 0 Å². The number of anilines is 1. The first-order chi connectivity index (χ1) is 11.8. The Morgan fingerprint density at radius 2 is 2.21 bits per heavy atom. The van der Waals surface area contributed by atoms with Gasteiger partial charge in [-0.3, -0.25) is 0 Å². The number of carbonyl (C=O) groups is 1. The van der Waals surface area contributed by atoms with Crippen LogP contribution >= 0.6 is 0 Å². The van der Waals surface area contributed by atoms with Crippen LogP contribution in [0.15, 0.2) is 35.9 Å². The van der Waals surface area contributed by atoms with Gasteiger partial charge in [0.05, 0.1) is 31.0 Å². The lowest BCUT2D eigenvalue weighted by Crippen LogP contribution is -2.15. The summed E-state index contributed by atoms with van der Waals surface area (Å²) in [6.07, 6.45) is 3.99. The Labute approximate surface area is 140 Å². The van der Waals surface area contributed by atoms with Crippen molar-refractivity contribution >= 4 is 22.6 Å². The summed E-state index contributed by atoms with van der Waals surface area (Å²) in [5.74, 6) is -0.455. The van der Waals surface area contributed by atoms with E-state index < -0.39 is 5.97 Å². The van der Waals surface area contributed by atoms with E-state index >= 15 is 0 Å². The zero-order valence-electron chi connectivity index (χ0n) is 13.7. The predicted molar refractivity (Wildman–Crippen MR) is 92.1 cm³/mol. The van der Waals surface area contributed by atoms with Crippen molar-refractivity contribution in [2.24, 2.45) is 0 Å². The lowest BCUT2D eigenvalue weighted by molar-refractivity contribution is 0.0519. The van der Waals surface area contributed by atoms with Crippen LogP contribution in [0.2, 0.25) is 0 Å². The normalized spacial score (nSPS) is 14.3. The van der Waals surface area contributed by atoms with E-state index in [1.54, 1.807) is 6.92 Å². The van der Waals surface area contributed by atoms with Gasteiger partial charge in [0.15, 0.2) is 5.69 Å². The quantitative estimate of drug-likeness (QED) is 0.649. The van der Waals surface area contributed by atoms with E-state index in [9.17, 15) is 4.79 Å². The molecule has 126 valence electrons. The first-order valence-corrected chi connectivity index (χ1v) is 8.21. The molecule has 24 heavy (non-hydrogen) atoms. The van der Waals surface area contributed by atoms with Crippen molar-refractivity contribution in [1.82, 2.24) is 10.2 Å². The molecule has 0 bridgehead atoms. The highest BCUT2D eigenvalue weighted by Crippen LogP contribution is 2.25. The van der Waals surface area contributed by atoms with Crippen LogP contribution in [0.3, 0.4) is 0 Å². The third kappa shape index (κ3) is 3.71. The van der Waals surface area contributed by atoms with Crippen LogP contribution in [0.4, 0.5) is 5.69 Å². The Morgan fingerprint density at radius 1 is 1.33 bits per heavy atom. The number of carbonyl (C=O) groups excluding carboxylic acids is 1. The van der Waals surface area contributed by atoms with Crippen molar-refractivity contribution in [3.8, 4) is 0 Å². The standard InChI is InChI=1S/C18H21N3O3/c1-2-24-18(22)17-16(14-5-3-4-6-15(14)20-21-17)19-10-7-13-8-11-23-12-9-13/h3-6,8H,2,7,9-12H2,1H3,(H,19,20). The molecule has 0 fully saturated rings. The summed E-state index contributed by atoms with van der Waals surface area (Å²) in [7, 11) is 0. The molecule has 0 unspecified atom stereocenters. The van der Waals surface area contributed by atoms with Crippen LogP contribution < -0.4 is 5.32 Å². The van der Waals surface area contributed by atoms with Crippen molar-refractivity contribution in [2.45, 2.75) is 19.8 Å². The van der Waals surface area contributed by atoms with Crippen molar-refractivity contribution in [3.63, 3.8) is 0 Å². The predicted octanol–water partition coefficient (Wildman–Crippen LogP) is 2.96. The second kappa shape index (κ2) is 7.88. The molecule has 1 N–H and O–H groups in total. The number of rotatable bonds is 6. The van der Waals surface area contributed by atoms with Gasteiger partial charge >= 0.3 is 5.97 Å². The van der Waals surface area contributed by atoms with Crippen molar-refractivity contribution < 1.29 is 14.3 Å². The highest BCUT2D eigenvalue weighted by molar-refractivity contribution is 6.03. The van der Waals surface area contributed by atoms with E-state index in [1.165, 1.54) is 5.57 Å². The maximum Gasteiger partial charge on any atom is 0.361 e. The molecule has 0 saturated heterocycles. The summed E-state index contributed by atoms with van der Waals surface area (Å²) in [4.78, 5) is 12.2. The van der Waals surface area contributed by atoms with E-state index in [1.807, 2.05) is 24.3 Å². The molecule has 1 aromatic carbocycles. The van der Waals surface area contributed by atoms with Gasteiger partial charge in [-0.05, 0) is 25.8 Å². The van der Waals surface area contributed by atoms with E-state index in [-0.39, 0.29) is 5.69 Å². The smallest absolute Gasteiger partial charge is 0.361 e. The van der Waals surface area contributed by atoms with Crippen LogP contribution in [-0.4, -0.2) is 42.5 Å². The number of benzene rings is 1. The Kier molecular flexibility index (Phi) is 5.38. The van der Waals surface area contributed by atoms with Crippen LogP contribution in [0.25, 0.3) is 10.9 Å². The van der Waals surface area contributed by atoms with Gasteiger partial charge in [-0.2, -0.15) is 0 Å². The minimum Gasteiger partial charge on any atom is -0.461 e. The molecule has 1 aliphatic rings. The lowest BCUT2D eigenvalue weighted by atomic mass is 10.1. The molecule has 0 radical (unpaired) electrons. The molecule has 6 heteroatoms. The van der Waals surface area contributed by atoms with E-state index in [4.69, 9.17) is 9.47 Å². The number of fused-ring (bicyclic) bond motifs is 1. The molecule has 6 nitrogen and oxygen atoms in total. The average molecular weight is 327 g/mol. The molecular weight excluding hydrogens is 306 g/mol. The van der Waals surface area contributed by atoms with Crippen LogP contribution in [0.1, 0.15) is 30.3 Å². The Balaban J connectivity index is 1.84. The van der Waals surface area contributed by atoms with Gasteiger partial charge in [-0.1, -0.05) is 29.8 Å². The molecule has 0 saturated carbocycles. The van der Waals surface area contributed by atoms with Crippen LogP contribution in [0, 0.1) is 0 Å². The second-order valence-corrected chi connectivity index (χ2v) is 5.53. The van der Waals surface area contributed by atoms with E-state index in [0.717, 1.165) is 30.4 Å². The number of esters is 1. The number of hydrogen-bond acceptors (Lipinski definition) is 6. The molecule has 0 amide bonds. The monoisotopic (exact) mass is 327 g/mol. The van der Waals surface area contributed by atoms with Gasteiger partial charge < -0.3 is 14.8 Å². The van der Waals surface area contributed by atoms with Gasteiger partial charge in [0.1, 0.15) is 0 Å². The largest absolute Gasteiger partial charge is 0.461 e. The molecule has 0 aliphatic carbocycles. The van der Waals surface area contributed by atoms with Crippen LogP contribution in [-0.2, 0) is 9.47 Å². The highest BCUT2D eigenvalue weighted by atomic mass is 16.5. The number of ether oxygens (including phenoxy) is 2. The molecule has 1 aliphatic heterocycles. The summed E-state index contributed by atoms with van der Waals surface area (Å²) in [5, 5.41) is 12.4. The zero-order valence-corrected chi connectivity index (χ0v) is 13.7. The highest BCUT2D eigenvalue weighted by Gasteiger charge is 2.18. The summed E-state index contributed by atoms with van der Waals surface area (Å²) in [6.45, 7) is 4.26. The first kappa shape index (κ1) is 16.4. The second-order valence-electron chi connectivity index (χ2n) is 5.53. The van der Waals surface area contributed by atoms with E-state index in [2.05, 4.69) is 21.6 Å². The van der Waals surface area contributed by atoms with E-state index in [0.29, 0.717) is 25.4 Å². The van der Waals surface area contributed by atoms with Gasteiger partial charge in [0.2, 0.25) is 0 Å². The molecule has 0 atom stereocenters. The summed E-state index contributed by atoms with van der Waals surface area (Å²) in [6, 6.07) is 7.63. The van der Waals surface area contributed by atoms with Gasteiger partial charge in [0, 0.05) is 11.9 Å². The third-order valence-corrected chi connectivity index (χ3v) is 3.94. The summed E-state index contributed by atoms with van der Waals surface area (Å²) in [5.41, 5.74) is 3.04. The third-order valence-electron chi connectivity index (χ3n) is 3.94. The fourth-order valence-corrected chi connectivity index (χ4v) is 2.72. The zero-order chi connectivity index (χ0) is 16.8. The van der Waals surface area contributed by atoms with Crippen molar-refractivity contribution in [3.05, 3.63) is 41.6 Å². The molecule has 3 rings (SSSR count). The molecule has 1 aromatic heterocycles. The Morgan fingerprint density at radius 3 is 3.00 bits per heavy atom. The maximum atomic E-state index is 12.2. The number of hydrogen-bond donors (Lipinski definition) is 1. The summed E-state index contributed by atoms with van der Waals surface area (Å²) < 4.78 is 10.4. The summed E-state index contributed by atoms with van der Waals surface area (Å²) >= 11 is 0. The lowest BCUT2D eigenvalue weighted by Gasteiger charge is -2.16. The van der Waals surface area contributed by atoms with Gasteiger partial charge in [-0.25, -0.2) is 4.79 Å². The average Bonchev–Trinajstić information content (AvgIpc) is 2.63.